The molecule has 0 saturated heterocycles. The van der Waals surface area contributed by atoms with Crippen molar-refractivity contribution in [1.29, 1.82) is 0 Å². The van der Waals surface area contributed by atoms with E-state index >= 15 is 0 Å². The molecule has 21 heavy (non-hydrogen) atoms. The summed E-state index contributed by atoms with van der Waals surface area (Å²) < 4.78 is 38.2. The summed E-state index contributed by atoms with van der Waals surface area (Å²) in [6.45, 7) is 4.08. The molecule has 0 fully saturated rings. The third kappa shape index (κ3) is 4.11. The molecule has 0 spiro atoms. The predicted octanol–water partition coefficient (Wildman–Crippen LogP) is 5.62. The first kappa shape index (κ1) is 15.6. The van der Waals surface area contributed by atoms with Crippen molar-refractivity contribution in [2.75, 3.05) is 5.32 Å². The molecule has 0 aliphatic carbocycles. The lowest BCUT2D eigenvalue weighted by Crippen LogP contribution is -2.06. The van der Waals surface area contributed by atoms with E-state index in [0.29, 0.717) is 11.6 Å². The van der Waals surface area contributed by atoms with Gasteiger partial charge in [0.25, 0.3) is 0 Å². The molecule has 0 saturated carbocycles. The number of benzene rings is 1. The average molecular weight is 315 g/mol. The highest BCUT2D eigenvalue weighted by Gasteiger charge is 2.31. The maximum absolute atomic E-state index is 12.7. The Morgan fingerprint density at radius 3 is 2.48 bits per heavy atom. The third-order valence-corrected chi connectivity index (χ3v) is 3.14. The predicted molar refractivity (Wildman–Crippen MR) is 78.1 cm³/mol. The van der Waals surface area contributed by atoms with Crippen LogP contribution in [-0.4, -0.2) is 4.98 Å². The Balaban J connectivity index is 2.31. The van der Waals surface area contributed by atoms with Gasteiger partial charge in [-0.2, -0.15) is 13.2 Å². The van der Waals surface area contributed by atoms with Gasteiger partial charge in [0.1, 0.15) is 11.0 Å². The topological polar surface area (TPSA) is 24.9 Å². The number of hydrogen-bond acceptors (Lipinski definition) is 2. The Bertz CT molecular complexity index is 639. The quantitative estimate of drug-likeness (QED) is 0.744. The first-order valence-corrected chi connectivity index (χ1v) is 6.75. The third-order valence-electron chi connectivity index (χ3n) is 2.95. The van der Waals surface area contributed by atoms with E-state index in [-0.39, 0.29) is 11.0 Å². The Morgan fingerprint density at radius 2 is 1.86 bits per heavy atom. The van der Waals surface area contributed by atoms with Gasteiger partial charge in [-0.3, -0.25) is 0 Å². The van der Waals surface area contributed by atoms with Crippen molar-refractivity contribution in [1.82, 2.24) is 4.98 Å². The Hall–Kier alpha value is -1.75. The van der Waals surface area contributed by atoms with E-state index in [4.69, 9.17) is 11.6 Å². The number of alkyl halides is 3. The molecule has 0 radical (unpaired) electrons. The standard InChI is InChI=1S/C15H14ClF3N2/c1-9(2)10-4-3-5-12(6-10)20-14-8-11(15(17,18)19)7-13(16)21-14/h3-9H,1-2H3,(H,20,21). The van der Waals surface area contributed by atoms with Crippen LogP contribution in [0, 0.1) is 0 Å². The number of nitrogens with one attached hydrogen (secondary N) is 1. The SMILES string of the molecule is CC(C)c1cccc(Nc2cc(C(F)(F)F)cc(Cl)n2)c1. The van der Waals surface area contributed by atoms with Gasteiger partial charge in [0.2, 0.25) is 0 Å². The minimum Gasteiger partial charge on any atom is -0.340 e. The number of hydrogen-bond donors (Lipinski definition) is 1. The molecule has 6 heteroatoms. The van der Waals surface area contributed by atoms with Gasteiger partial charge < -0.3 is 5.32 Å². The lowest BCUT2D eigenvalue weighted by Gasteiger charge is -2.12. The number of aromatic nitrogens is 1. The van der Waals surface area contributed by atoms with E-state index in [9.17, 15) is 13.2 Å². The molecule has 0 aliphatic heterocycles. The highest BCUT2D eigenvalue weighted by Crippen LogP contribution is 2.32. The van der Waals surface area contributed by atoms with Crippen molar-refractivity contribution in [2.45, 2.75) is 25.9 Å². The molecule has 0 amide bonds. The zero-order valence-corrected chi connectivity index (χ0v) is 12.3. The minimum atomic E-state index is -4.46. The molecule has 0 aliphatic rings. The molecule has 0 atom stereocenters. The van der Waals surface area contributed by atoms with E-state index in [0.717, 1.165) is 17.7 Å². The average Bonchev–Trinajstić information content (AvgIpc) is 2.37. The van der Waals surface area contributed by atoms with Crippen LogP contribution < -0.4 is 5.32 Å². The van der Waals surface area contributed by atoms with E-state index in [1.807, 2.05) is 32.0 Å². The van der Waals surface area contributed by atoms with Crippen LogP contribution in [0.25, 0.3) is 0 Å². The highest BCUT2D eigenvalue weighted by atomic mass is 35.5. The van der Waals surface area contributed by atoms with E-state index in [1.165, 1.54) is 0 Å². The minimum absolute atomic E-state index is 0.0655. The molecular formula is C15H14ClF3N2. The summed E-state index contributed by atoms with van der Waals surface area (Å²) in [4.78, 5) is 3.87. The molecule has 1 aromatic carbocycles. The fourth-order valence-corrected chi connectivity index (χ4v) is 2.06. The molecule has 2 rings (SSSR count). The molecule has 0 unspecified atom stereocenters. The first-order valence-electron chi connectivity index (χ1n) is 6.37. The van der Waals surface area contributed by atoms with Crippen molar-refractivity contribution >= 4 is 23.1 Å². The molecule has 112 valence electrons. The summed E-state index contributed by atoms with van der Waals surface area (Å²) in [5.74, 6) is 0.389. The van der Waals surface area contributed by atoms with Crippen LogP contribution in [0.5, 0.6) is 0 Å². The van der Waals surface area contributed by atoms with Gasteiger partial charge in [0.15, 0.2) is 0 Å². The van der Waals surface area contributed by atoms with E-state index < -0.39 is 11.7 Å². The Kier molecular flexibility index (Phi) is 4.42. The van der Waals surface area contributed by atoms with Crippen molar-refractivity contribution in [3.8, 4) is 0 Å². The zero-order chi connectivity index (χ0) is 15.6. The van der Waals surface area contributed by atoms with Crippen molar-refractivity contribution in [3.63, 3.8) is 0 Å². The van der Waals surface area contributed by atoms with Gasteiger partial charge in [0, 0.05) is 5.69 Å². The summed E-state index contributed by atoms with van der Waals surface area (Å²) in [5, 5.41) is 2.66. The van der Waals surface area contributed by atoms with Crippen LogP contribution >= 0.6 is 11.6 Å². The second-order valence-electron chi connectivity index (χ2n) is 4.97. The van der Waals surface area contributed by atoms with Crippen LogP contribution in [0.1, 0.15) is 30.9 Å². The smallest absolute Gasteiger partial charge is 0.340 e. The molecular weight excluding hydrogens is 301 g/mol. The highest BCUT2D eigenvalue weighted by molar-refractivity contribution is 6.29. The number of rotatable bonds is 3. The van der Waals surface area contributed by atoms with Crippen LogP contribution in [-0.2, 0) is 6.18 Å². The maximum Gasteiger partial charge on any atom is 0.416 e. The first-order chi connectivity index (χ1) is 9.75. The van der Waals surface area contributed by atoms with Gasteiger partial charge in [-0.05, 0) is 35.7 Å². The lowest BCUT2D eigenvalue weighted by atomic mass is 10.0. The zero-order valence-electron chi connectivity index (χ0n) is 11.5. The Labute approximate surface area is 126 Å². The van der Waals surface area contributed by atoms with Gasteiger partial charge in [-0.15, -0.1) is 0 Å². The fraction of sp³-hybridized carbons (Fsp3) is 0.267. The fourth-order valence-electron chi connectivity index (χ4n) is 1.85. The number of pyridine rings is 1. The number of anilines is 2. The van der Waals surface area contributed by atoms with Crippen LogP contribution in [0.3, 0.4) is 0 Å². The summed E-state index contributed by atoms with van der Waals surface area (Å²) in [6, 6.07) is 9.18. The molecule has 1 heterocycles. The summed E-state index contributed by atoms with van der Waals surface area (Å²) in [7, 11) is 0. The van der Waals surface area contributed by atoms with Crippen molar-refractivity contribution in [2.24, 2.45) is 0 Å². The summed E-state index contributed by atoms with van der Waals surface area (Å²) in [6.07, 6.45) is -4.46. The summed E-state index contributed by atoms with van der Waals surface area (Å²) >= 11 is 5.65. The van der Waals surface area contributed by atoms with Crippen LogP contribution in [0.4, 0.5) is 24.7 Å². The van der Waals surface area contributed by atoms with Gasteiger partial charge in [-0.1, -0.05) is 37.6 Å². The normalized spacial score (nSPS) is 11.8. The number of nitrogens with zero attached hydrogens (tertiary/aromatic N) is 1. The van der Waals surface area contributed by atoms with E-state index in [2.05, 4.69) is 10.3 Å². The van der Waals surface area contributed by atoms with Gasteiger partial charge >= 0.3 is 6.18 Å². The van der Waals surface area contributed by atoms with E-state index in [1.54, 1.807) is 6.07 Å². The van der Waals surface area contributed by atoms with Gasteiger partial charge in [-0.25, -0.2) is 4.98 Å². The van der Waals surface area contributed by atoms with Crippen molar-refractivity contribution < 1.29 is 13.2 Å². The molecule has 2 aromatic rings. The monoisotopic (exact) mass is 314 g/mol. The molecule has 1 aromatic heterocycles. The maximum atomic E-state index is 12.7. The van der Waals surface area contributed by atoms with Crippen LogP contribution in [0.2, 0.25) is 5.15 Å². The molecule has 1 N–H and O–H groups in total. The lowest BCUT2D eigenvalue weighted by molar-refractivity contribution is -0.137. The van der Waals surface area contributed by atoms with Crippen molar-refractivity contribution in [3.05, 3.63) is 52.7 Å². The summed E-state index contributed by atoms with van der Waals surface area (Å²) in [5.41, 5.74) is 0.923. The molecule has 2 nitrogen and oxygen atoms in total. The number of halogens is 4. The molecule has 0 bridgehead atoms. The van der Waals surface area contributed by atoms with Gasteiger partial charge in [0.05, 0.1) is 5.56 Å². The second kappa shape index (κ2) is 5.93. The Morgan fingerprint density at radius 1 is 1.14 bits per heavy atom. The van der Waals surface area contributed by atoms with Crippen LogP contribution in [0.15, 0.2) is 36.4 Å². The second-order valence-corrected chi connectivity index (χ2v) is 5.35. The largest absolute Gasteiger partial charge is 0.416 e.